The Morgan fingerprint density at radius 2 is 1.88 bits per heavy atom. The number of nitrogens with one attached hydrogen (secondary N) is 1. The van der Waals surface area contributed by atoms with Gasteiger partial charge in [0.05, 0.1) is 11.1 Å². The van der Waals surface area contributed by atoms with Crippen LogP contribution in [0.5, 0.6) is 5.75 Å². The van der Waals surface area contributed by atoms with Crippen LogP contribution in [0.1, 0.15) is 43.2 Å². The van der Waals surface area contributed by atoms with Gasteiger partial charge in [0.1, 0.15) is 29.5 Å². The Kier molecular flexibility index (Phi) is 6.16. The third-order valence-corrected chi connectivity index (χ3v) is 6.46. The Labute approximate surface area is 198 Å². The first-order valence-electron chi connectivity index (χ1n) is 11.8. The second-order valence-corrected chi connectivity index (χ2v) is 8.92. The molecule has 174 valence electrons. The lowest BCUT2D eigenvalue weighted by Gasteiger charge is -2.24. The molecular weight excluding hydrogens is 428 g/mol. The van der Waals surface area contributed by atoms with Gasteiger partial charge in [0.25, 0.3) is 5.69 Å². The average Bonchev–Trinajstić information content (AvgIpc) is 3.22. The number of pyridine rings is 1. The number of aryl methyl sites for hydroxylation is 1. The molecule has 0 unspecified atom stereocenters. The Morgan fingerprint density at radius 3 is 2.65 bits per heavy atom. The third kappa shape index (κ3) is 4.59. The van der Waals surface area contributed by atoms with Crippen LogP contribution in [0.4, 0.5) is 11.5 Å². The monoisotopic (exact) mass is 456 g/mol. The number of hydrogen-bond acceptors (Lipinski definition) is 5. The molecule has 1 fully saturated rings. The van der Waals surface area contributed by atoms with E-state index in [1.807, 2.05) is 59.9 Å². The summed E-state index contributed by atoms with van der Waals surface area (Å²) in [7, 11) is 0. The van der Waals surface area contributed by atoms with Gasteiger partial charge in [0.2, 0.25) is 0 Å². The van der Waals surface area contributed by atoms with Crippen LogP contribution in [0.2, 0.25) is 0 Å². The molecule has 2 aromatic carbocycles. The van der Waals surface area contributed by atoms with Crippen molar-refractivity contribution >= 4 is 17.2 Å². The summed E-state index contributed by atoms with van der Waals surface area (Å²) in [4.78, 5) is 15.9. The van der Waals surface area contributed by atoms with Crippen LogP contribution in [-0.2, 0) is 6.61 Å². The molecular formula is C27H28N4O3. The van der Waals surface area contributed by atoms with Gasteiger partial charge >= 0.3 is 0 Å². The second kappa shape index (κ2) is 9.55. The molecule has 1 saturated carbocycles. The van der Waals surface area contributed by atoms with Crippen molar-refractivity contribution in [2.45, 2.75) is 51.7 Å². The maximum absolute atomic E-state index is 11.4. The lowest BCUT2D eigenvalue weighted by Crippen LogP contribution is -2.23. The van der Waals surface area contributed by atoms with E-state index >= 15 is 0 Å². The van der Waals surface area contributed by atoms with Gasteiger partial charge in [0.15, 0.2) is 0 Å². The lowest BCUT2D eigenvalue weighted by molar-refractivity contribution is -0.385. The van der Waals surface area contributed by atoms with Crippen molar-refractivity contribution in [3.05, 3.63) is 88.1 Å². The SMILES string of the molecule is Cc1ccc(-c2nc3ccc([N+](=O)[O-])cn3c2NC2CCCCC2)cc1OCc1ccccc1. The Bertz CT molecular complexity index is 1310. The molecule has 0 bridgehead atoms. The van der Waals surface area contributed by atoms with Gasteiger partial charge in [-0.15, -0.1) is 0 Å². The summed E-state index contributed by atoms with van der Waals surface area (Å²) in [5.41, 5.74) is 4.55. The van der Waals surface area contributed by atoms with Gasteiger partial charge in [0, 0.05) is 17.7 Å². The molecule has 0 saturated heterocycles. The fourth-order valence-electron chi connectivity index (χ4n) is 4.56. The second-order valence-electron chi connectivity index (χ2n) is 8.92. The van der Waals surface area contributed by atoms with Crippen LogP contribution in [0.3, 0.4) is 0 Å². The van der Waals surface area contributed by atoms with Crippen molar-refractivity contribution < 1.29 is 9.66 Å². The molecule has 5 rings (SSSR count). The highest BCUT2D eigenvalue weighted by Gasteiger charge is 2.21. The van der Waals surface area contributed by atoms with Gasteiger partial charge in [-0.25, -0.2) is 4.98 Å². The molecule has 4 aromatic rings. The molecule has 2 aromatic heterocycles. The zero-order valence-electron chi connectivity index (χ0n) is 19.2. The van der Waals surface area contributed by atoms with Crippen molar-refractivity contribution in [3.8, 4) is 17.0 Å². The predicted octanol–water partition coefficient (Wildman–Crippen LogP) is 6.54. The molecule has 0 aliphatic heterocycles. The van der Waals surface area contributed by atoms with E-state index in [1.165, 1.54) is 25.3 Å². The van der Waals surface area contributed by atoms with Gasteiger partial charge in [-0.3, -0.25) is 14.5 Å². The van der Waals surface area contributed by atoms with E-state index in [1.54, 1.807) is 12.3 Å². The Morgan fingerprint density at radius 1 is 1.09 bits per heavy atom. The van der Waals surface area contributed by atoms with Gasteiger partial charge in [-0.1, -0.05) is 61.7 Å². The van der Waals surface area contributed by atoms with Crippen LogP contribution in [-0.4, -0.2) is 20.3 Å². The molecule has 34 heavy (non-hydrogen) atoms. The van der Waals surface area contributed by atoms with Gasteiger partial charge < -0.3 is 10.1 Å². The average molecular weight is 457 g/mol. The Balaban J connectivity index is 1.54. The van der Waals surface area contributed by atoms with Crippen molar-refractivity contribution in [3.63, 3.8) is 0 Å². The van der Waals surface area contributed by atoms with Gasteiger partial charge in [-0.2, -0.15) is 0 Å². The molecule has 1 aliphatic rings. The van der Waals surface area contributed by atoms with E-state index in [2.05, 4.69) is 5.32 Å². The van der Waals surface area contributed by atoms with E-state index in [0.29, 0.717) is 18.3 Å². The first-order chi connectivity index (χ1) is 16.6. The number of benzene rings is 2. The van der Waals surface area contributed by atoms with Crippen LogP contribution >= 0.6 is 0 Å². The summed E-state index contributed by atoms with van der Waals surface area (Å²) >= 11 is 0. The highest BCUT2D eigenvalue weighted by Crippen LogP contribution is 2.35. The third-order valence-electron chi connectivity index (χ3n) is 6.46. The quantitative estimate of drug-likeness (QED) is 0.252. The zero-order chi connectivity index (χ0) is 23.5. The standard InChI is InChI=1S/C27H28N4O3/c1-19-12-13-21(16-24(19)34-18-20-8-4-2-5-9-20)26-27(28-22-10-6-3-7-11-22)30-17-23(31(32)33)14-15-25(30)29-26/h2,4-5,8-9,12-17,22,28H,3,6-7,10-11,18H2,1H3. The molecule has 0 atom stereocenters. The van der Waals surface area contributed by atoms with Gasteiger partial charge in [-0.05, 0) is 43.0 Å². The van der Waals surface area contributed by atoms with Crippen molar-refractivity contribution in [2.24, 2.45) is 0 Å². The van der Waals surface area contributed by atoms with E-state index < -0.39 is 0 Å². The highest BCUT2D eigenvalue weighted by molar-refractivity contribution is 5.78. The van der Waals surface area contributed by atoms with Crippen LogP contribution in [0.25, 0.3) is 16.9 Å². The smallest absolute Gasteiger partial charge is 0.286 e. The van der Waals surface area contributed by atoms with Crippen LogP contribution in [0, 0.1) is 17.0 Å². The van der Waals surface area contributed by atoms with E-state index in [0.717, 1.165) is 46.8 Å². The summed E-state index contributed by atoms with van der Waals surface area (Å²) in [5.74, 6) is 1.59. The minimum Gasteiger partial charge on any atom is -0.489 e. The van der Waals surface area contributed by atoms with E-state index in [4.69, 9.17) is 9.72 Å². The lowest BCUT2D eigenvalue weighted by atomic mass is 9.95. The van der Waals surface area contributed by atoms with Crippen LogP contribution in [0.15, 0.2) is 66.9 Å². The maximum Gasteiger partial charge on any atom is 0.286 e. The van der Waals surface area contributed by atoms with E-state index in [9.17, 15) is 10.1 Å². The summed E-state index contributed by atoms with van der Waals surface area (Å²) in [5, 5.41) is 15.1. The van der Waals surface area contributed by atoms with E-state index in [-0.39, 0.29) is 10.6 Å². The summed E-state index contributed by atoms with van der Waals surface area (Å²) in [6.45, 7) is 2.51. The molecule has 7 nitrogen and oxygen atoms in total. The minimum atomic E-state index is -0.370. The highest BCUT2D eigenvalue weighted by atomic mass is 16.6. The fourth-order valence-corrected chi connectivity index (χ4v) is 4.56. The normalized spacial score (nSPS) is 14.3. The molecule has 0 radical (unpaired) electrons. The molecule has 1 aliphatic carbocycles. The number of aromatic nitrogens is 2. The molecule has 7 heteroatoms. The first-order valence-corrected chi connectivity index (χ1v) is 11.8. The maximum atomic E-state index is 11.4. The topological polar surface area (TPSA) is 81.7 Å². The molecule has 1 N–H and O–H groups in total. The number of rotatable bonds is 7. The zero-order valence-corrected chi connectivity index (χ0v) is 19.2. The largest absolute Gasteiger partial charge is 0.489 e. The number of nitrogens with zero attached hydrogens (tertiary/aromatic N) is 3. The summed E-state index contributed by atoms with van der Waals surface area (Å²) < 4.78 is 7.97. The molecule has 0 spiro atoms. The summed E-state index contributed by atoms with van der Waals surface area (Å²) in [6, 6.07) is 19.7. The summed E-state index contributed by atoms with van der Waals surface area (Å²) in [6.07, 6.45) is 7.35. The predicted molar refractivity (Wildman–Crippen MR) is 133 cm³/mol. The first kappa shape index (κ1) is 21.9. The number of imidazole rings is 1. The number of ether oxygens (including phenoxy) is 1. The van der Waals surface area contributed by atoms with Crippen molar-refractivity contribution in [2.75, 3.05) is 5.32 Å². The number of anilines is 1. The number of hydrogen-bond donors (Lipinski definition) is 1. The van der Waals surface area contributed by atoms with Crippen molar-refractivity contribution in [1.82, 2.24) is 9.38 Å². The minimum absolute atomic E-state index is 0.0407. The van der Waals surface area contributed by atoms with Crippen LogP contribution < -0.4 is 10.1 Å². The molecule has 2 heterocycles. The number of fused-ring (bicyclic) bond motifs is 1. The molecule has 0 amide bonds. The Hall–Kier alpha value is -3.87. The fraction of sp³-hybridized carbons (Fsp3) is 0.296. The van der Waals surface area contributed by atoms with Crippen molar-refractivity contribution in [1.29, 1.82) is 0 Å². The number of nitro groups is 1.